The Morgan fingerprint density at radius 3 is 2.54 bits per heavy atom. The molecule has 28 heavy (non-hydrogen) atoms. The van der Waals surface area contributed by atoms with E-state index in [0.717, 1.165) is 42.4 Å². The van der Waals surface area contributed by atoms with Crippen LogP contribution in [0.1, 0.15) is 25.3 Å². The summed E-state index contributed by atoms with van der Waals surface area (Å²) >= 11 is 0. The molecule has 0 bridgehead atoms. The smallest absolute Gasteiger partial charge is 0.239 e. The van der Waals surface area contributed by atoms with Crippen LogP contribution in [0.5, 0.6) is 5.75 Å². The summed E-state index contributed by atoms with van der Waals surface area (Å²) in [5, 5.41) is 6.15. The Morgan fingerprint density at radius 1 is 1.11 bits per heavy atom. The number of carbonyl (C=O) groups is 1. The molecule has 5 heteroatoms. The first kappa shape index (κ1) is 20.1. The van der Waals surface area contributed by atoms with Gasteiger partial charge in [-0.15, -0.1) is 0 Å². The average Bonchev–Trinajstić information content (AvgIpc) is 2.73. The topological polar surface area (TPSA) is 53.6 Å². The predicted octanol–water partition coefficient (Wildman–Crippen LogP) is 3.70. The molecule has 1 heterocycles. The van der Waals surface area contributed by atoms with Crippen LogP contribution in [0.25, 0.3) is 0 Å². The lowest BCUT2D eigenvalue weighted by Gasteiger charge is -2.32. The third-order valence-electron chi connectivity index (χ3n) is 5.38. The van der Waals surface area contributed by atoms with Crippen molar-refractivity contribution in [3.8, 4) is 5.75 Å². The second-order valence-corrected chi connectivity index (χ2v) is 7.48. The molecule has 0 saturated carbocycles. The van der Waals surface area contributed by atoms with E-state index in [9.17, 15) is 4.79 Å². The number of methoxy groups -OCH3 is 1. The van der Waals surface area contributed by atoms with Crippen LogP contribution >= 0.6 is 0 Å². The van der Waals surface area contributed by atoms with Gasteiger partial charge in [0.25, 0.3) is 0 Å². The SMILES string of the molecule is COc1ccccc1CCNC(=O)CNc1ccc(N2CCC(C)CC2)cc1. The van der Waals surface area contributed by atoms with Crippen LogP contribution in [0.3, 0.4) is 0 Å². The monoisotopic (exact) mass is 381 g/mol. The summed E-state index contributed by atoms with van der Waals surface area (Å²) in [5.41, 5.74) is 3.33. The highest BCUT2D eigenvalue weighted by atomic mass is 16.5. The average molecular weight is 382 g/mol. The van der Waals surface area contributed by atoms with Gasteiger partial charge in [0.05, 0.1) is 13.7 Å². The number of para-hydroxylation sites is 1. The molecule has 1 fully saturated rings. The lowest BCUT2D eigenvalue weighted by molar-refractivity contribution is -0.119. The van der Waals surface area contributed by atoms with Gasteiger partial charge in [-0.2, -0.15) is 0 Å². The number of rotatable bonds is 8. The van der Waals surface area contributed by atoms with Crippen LogP contribution < -0.4 is 20.3 Å². The predicted molar refractivity (Wildman–Crippen MR) is 115 cm³/mol. The molecule has 0 aromatic heterocycles. The summed E-state index contributed by atoms with van der Waals surface area (Å²) in [5.74, 6) is 1.68. The molecule has 2 aromatic carbocycles. The molecular formula is C23H31N3O2. The van der Waals surface area contributed by atoms with Crippen molar-refractivity contribution in [2.24, 2.45) is 5.92 Å². The van der Waals surface area contributed by atoms with Crippen molar-refractivity contribution in [1.29, 1.82) is 0 Å². The van der Waals surface area contributed by atoms with Gasteiger partial charge in [-0.25, -0.2) is 0 Å². The van der Waals surface area contributed by atoms with E-state index in [1.165, 1.54) is 18.5 Å². The highest BCUT2D eigenvalue weighted by Gasteiger charge is 2.15. The standard InChI is InChI=1S/C23H31N3O2/c1-18-12-15-26(16-13-18)21-9-7-20(8-10-21)25-17-23(27)24-14-11-19-5-3-4-6-22(19)28-2/h3-10,18,25H,11-17H2,1-2H3,(H,24,27). The normalized spacial score (nSPS) is 14.6. The van der Waals surface area contributed by atoms with E-state index >= 15 is 0 Å². The molecule has 1 aliphatic heterocycles. The lowest BCUT2D eigenvalue weighted by atomic mass is 9.99. The van der Waals surface area contributed by atoms with Crippen molar-refractivity contribution in [3.63, 3.8) is 0 Å². The van der Waals surface area contributed by atoms with Crippen LogP contribution in [0, 0.1) is 5.92 Å². The van der Waals surface area contributed by atoms with Crippen LogP contribution in [0.2, 0.25) is 0 Å². The number of nitrogens with zero attached hydrogens (tertiary/aromatic N) is 1. The Morgan fingerprint density at radius 2 is 1.82 bits per heavy atom. The summed E-state index contributed by atoms with van der Waals surface area (Å²) in [6, 6.07) is 16.3. The maximum atomic E-state index is 12.1. The van der Waals surface area contributed by atoms with E-state index in [2.05, 4.69) is 46.7 Å². The highest BCUT2D eigenvalue weighted by molar-refractivity contribution is 5.80. The van der Waals surface area contributed by atoms with E-state index in [1.807, 2.05) is 24.3 Å². The van der Waals surface area contributed by atoms with Gasteiger partial charge in [-0.3, -0.25) is 4.79 Å². The van der Waals surface area contributed by atoms with E-state index < -0.39 is 0 Å². The van der Waals surface area contributed by atoms with E-state index in [1.54, 1.807) is 7.11 Å². The van der Waals surface area contributed by atoms with Crippen molar-refractivity contribution in [3.05, 3.63) is 54.1 Å². The Balaban J connectivity index is 1.39. The second-order valence-electron chi connectivity index (χ2n) is 7.48. The zero-order chi connectivity index (χ0) is 19.8. The lowest BCUT2D eigenvalue weighted by Crippen LogP contribution is -2.32. The third kappa shape index (κ3) is 5.65. The van der Waals surface area contributed by atoms with Gasteiger partial charge in [-0.1, -0.05) is 25.1 Å². The van der Waals surface area contributed by atoms with Crippen molar-refractivity contribution in [1.82, 2.24) is 5.32 Å². The maximum absolute atomic E-state index is 12.1. The van der Waals surface area contributed by atoms with Crippen LogP contribution in [0.4, 0.5) is 11.4 Å². The number of carbonyl (C=O) groups excluding carboxylic acids is 1. The maximum Gasteiger partial charge on any atom is 0.239 e. The second kappa shape index (κ2) is 10.0. The first-order valence-electron chi connectivity index (χ1n) is 10.1. The zero-order valence-corrected chi connectivity index (χ0v) is 16.9. The first-order chi connectivity index (χ1) is 13.7. The summed E-state index contributed by atoms with van der Waals surface area (Å²) in [6.45, 7) is 5.44. The minimum absolute atomic E-state index is 0.0102. The fourth-order valence-electron chi connectivity index (χ4n) is 3.55. The largest absolute Gasteiger partial charge is 0.496 e. The molecule has 1 aliphatic rings. The summed E-state index contributed by atoms with van der Waals surface area (Å²) < 4.78 is 5.34. The van der Waals surface area contributed by atoms with E-state index in [4.69, 9.17) is 4.74 Å². The first-order valence-corrected chi connectivity index (χ1v) is 10.1. The van der Waals surface area contributed by atoms with Crippen molar-refractivity contribution in [2.45, 2.75) is 26.2 Å². The van der Waals surface area contributed by atoms with Crippen LogP contribution in [0.15, 0.2) is 48.5 Å². The molecule has 5 nitrogen and oxygen atoms in total. The Kier molecular flexibility index (Phi) is 7.18. The third-order valence-corrected chi connectivity index (χ3v) is 5.38. The van der Waals surface area contributed by atoms with Gasteiger partial charge in [0.2, 0.25) is 5.91 Å². The summed E-state index contributed by atoms with van der Waals surface area (Å²) in [4.78, 5) is 14.5. The van der Waals surface area contributed by atoms with Crippen molar-refractivity contribution in [2.75, 3.05) is 43.5 Å². The molecule has 1 saturated heterocycles. The number of hydrogen-bond donors (Lipinski definition) is 2. The molecule has 1 amide bonds. The van der Waals surface area contributed by atoms with E-state index in [0.29, 0.717) is 6.54 Å². The number of amides is 1. The van der Waals surface area contributed by atoms with Crippen LogP contribution in [-0.2, 0) is 11.2 Å². The number of anilines is 2. The molecule has 3 rings (SSSR count). The minimum Gasteiger partial charge on any atom is -0.496 e. The number of nitrogens with one attached hydrogen (secondary N) is 2. The molecule has 0 radical (unpaired) electrons. The molecule has 150 valence electrons. The molecule has 0 spiro atoms. The fourth-order valence-corrected chi connectivity index (χ4v) is 3.55. The zero-order valence-electron chi connectivity index (χ0n) is 16.9. The number of piperidine rings is 1. The van der Waals surface area contributed by atoms with Gasteiger partial charge in [0, 0.05) is 31.0 Å². The molecule has 0 unspecified atom stereocenters. The molecule has 0 atom stereocenters. The number of benzene rings is 2. The molecule has 2 aromatic rings. The van der Waals surface area contributed by atoms with Gasteiger partial charge in [0.1, 0.15) is 5.75 Å². The Bertz CT molecular complexity index is 753. The summed E-state index contributed by atoms with van der Waals surface area (Å²) in [6.07, 6.45) is 3.27. The van der Waals surface area contributed by atoms with Gasteiger partial charge >= 0.3 is 0 Å². The van der Waals surface area contributed by atoms with Gasteiger partial charge in [-0.05, 0) is 61.1 Å². The number of ether oxygens (including phenoxy) is 1. The molecule has 2 N–H and O–H groups in total. The quantitative estimate of drug-likeness (QED) is 0.732. The molecular weight excluding hydrogens is 350 g/mol. The van der Waals surface area contributed by atoms with Crippen LogP contribution in [-0.4, -0.2) is 39.2 Å². The minimum atomic E-state index is -0.0102. The van der Waals surface area contributed by atoms with Gasteiger partial charge < -0.3 is 20.3 Å². The van der Waals surface area contributed by atoms with Gasteiger partial charge in [0.15, 0.2) is 0 Å². The molecule has 0 aliphatic carbocycles. The number of hydrogen-bond acceptors (Lipinski definition) is 4. The van der Waals surface area contributed by atoms with Crippen molar-refractivity contribution >= 4 is 17.3 Å². The van der Waals surface area contributed by atoms with E-state index in [-0.39, 0.29) is 12.5 Å². The summed E-state index contributed by atoms with van der Waals surface area (Å²) in [7, 11) is 1.67. The Labute approximate surface area is 168 Å². The highest BCUT2D eigenvalue weighted by Crippen LogP contribution is 2.24. The van der Waals surface area contributed by atoms with Crippen molar-refractivity contribution < 1.29 is 9.53 Å². The fraction of sp³-hybridized carbons (Fsp3) is 0.435. The Hall–Kier alpha value is -2.69.